The van der Waals surface area contributed by atoms with Gasteiger partial charge < -0.3 is 10.4 Å². The van der Waals surface area contributed by atoms with Crippen LogP contribution in [0.15, 0.2) is 11.5 Å². The zero-order valence-corrected chi connectivity index (χ0v) is 6.02. The van der Waals surface area contributed by atoms with E-state index in [1.165, 1.54) is 0 Å². The largest absolute Gasteiger partial charge is 0.480 e. The first-order chi connectivity index (χ1) is 4.54. The minimum atomic E-state index is -1.09. The van der Waals surface area contributed by atoms with Crippen LogP contribution in [0.4, 0.5) is 0 Å². The third-order valence-corrected chi connectivity index (χ3v) is 0.865. The van der Waals surface area contributed by atoms with Gasteiger partial charge in [0.2, 0.25) is 0 Å². The molecule has 0 saturated heterocycles. The number of nitrogens with one attached hydrogen (secondary N) is 1. The Balaban J connectivity index is 3.60. The van der Waals surface area contributed by atoms with E-state index in [-0.39, 0.29) is 4.91 Å². The summed E-state index contributed by atoms with van der Waals surface area (Å²) in [5.74, 6) is -1.66. The number of aliphatic carboxylic acids is 1. The molecule has 0 fully saturated rings. The Morgan fingerprint density at radius 2 is 2.10 bits per heavy atom. The number of rotatable bonds is 3. The fourth-order valence-electron chi connectivity index (χ4n) is 0.258. The van der Waals surface area contributed by atoms with Crippen molar-refractivity contribution in [2.45, 2.75) is 0 Å². The summed E-state index contributed by atoms with van der Waals surface area (Å²) in [5.41, 5.74) is 0. The molecule has 2 N–H and O–H groups in total. The van der Waals surface area contributed by atoms with E-state index in [4.69, 9.17) is 5.11 Å². The Labute approximate surface area is 63.3 Å². The summed E-state index contributed by atoms with van der Waals surface area (Å²) < 4.78 is 0. The second kappa shape index (κ2) is 3.94. The lowest BCUT2D eigenvalue weighted by Gasteiger charge is -1.97. The Morgan fingerprint density at radius 1 is 1.60 bits per heavy atom. The van der Waals surface area contributed by atoms with Gasteiger partial charge >= 0.3 is 5.97 Å². The summed E-state index contributed by atoms with van der Waals surface area (Å²) in [6, 6.07) is 0. The molecule has 0 heterocycles. The molecule has 0 aliphatic carbocycles. The zero-order valence-electron chi connectivity index (χ0n) is 5.13. The lowest BCUT2D eigenvalue weighted by atomic mass is 10.5. The third kappa shape index (κ3) is 3.96. The van der Waals surface area contributed by atoms with E-state index in [1.54, 1.807) is 0 Å². The molecule has 0 aromatic heterocycles. The monoisotopic (exact) mass is 161 g/mol. The van der Waals surface area contributed by atoms with Crippen molar-refractivity contribution in [3.8, 4) is 0 Å². The van der Waals surface area contributed by atoms with Crippen molar-refractivity contribution in [3.63, 3.8) is 0 Å². The topological polar surface area (TPSA) is 66.4 Å². The van der Waals surface area contributed by atoms with Gasteiger partial charge in [0, 0.05) is 0 Å². The smallest absolute Gasteiger partial charge is 0.322 e. The molecule has 56 valence electrons. The summed E-state index contributed by atoms with van der Waals surface area (Å²) in [6.07, 6.45) is 0. The van der Waals surface area contributed by atoms with E-state index >= 15 is 0 Å². The van der Waals surface area contributed by atoms with E-state index in [0.29, 0.717) is 0 Å². The highest BCUT2D eigenvalue weighted by molar-refractivity contribution is 7.85. The maximum Gasteiger partial charge on any atom is 0.322 e. The molecule has 10 heavy (non-hydrogen) atoms. The molecule has 0 aliphatic heterocycles. The van der Waals surface area contributed by atoms with Crippen molar-refractivity contribution in [1.29, 1.82) is 0 Å². The first kappa shape index (κ1) is 9.03. The van der Waals surface area contributed by atoms with Crippen LogP contribution < -0.4 is 5.32 Å². The van der Waals surface area contributed by atoms with Gasteiger partial charge in [-0.15, -0.1) is 12.6 Å². The number of hydrogen-bond acceptors (Lipinski definition) is 3. The number of hydrogen-bond donors (Lipinski definition) is 3. The molecule has 0 aromatic rings. The molecule has 0 aromatic carbocycles. The van der Waals surface area contributed by atoms with Crippen LogP contribution in [0, 0.1) is 0 Å². The van der Waals surface area contributed by atoms with Gasteiger partial charge in [-0.1, -0.05) is 6.58 Å². The molecular weight excluding hydrogens is 154 g/mol. The second-order valence-electron chi connectivity index (χ2n) is 1.52. The number of carboxylic acids is 1. The molecule has 0 unspecified atom stereocenters. The van der Waals surface area contributed by atoms with Crippen LogP contribution >= 0.6 is 12.6 Å². The van der Waals surface area contributed by atoms with Gasteiger partial charge in [0.15, 0.2) is 0 Å². The molecule has 0 bridgehead atoms. The molecular formula is C5H7NO3S. The number of carboxylic acid groups (broad SMARTS) is 1. The minimum absolute atomic E-state index is 0.00116. The zero-order chi connectivity index (χ0) is 8.15. The van der Waals surface area contributed by atoms with E-state index in [9.17, 15) is 9.59 Å². The summed E-state index contributed by atoms with van der Waals surface area (Å²) >= 11 is 3.60. The molecule has 0 radical (unpaired) electrons. The minimum Gasteiger partial charge on any atom is -0.480 e. The first-order valence-electron chi connectivity index (χ1n) is 2.42. The van der Waals surface area contributed by atoms with Crippen molar-refractivity contribution in [3.05, 3.63) is 11.5 Å². The molecule has 0 atom stereocenters. The highest BCUT2D eigenvalue weighted by Crippen LogP contribution is 1.92. The van der Waals surface area contributed by atoms with Crippen molar-refractivity contribution < 1.29 is 14.7 Å². The van der Waals surface area contributed by atoms with Crippen LogP contribution in [0.1, 0.15) is 0 Å². The molecule has 0 spiro atoms. The number of amides is 1. The lowest BCUT2D eigenvalue weighted by Crippen LogP contribution is -2.28. The van der Waals surface area contributed by atoms with Gasteiger partial charge in [-0.25, -0.2) is 0 Å². The number of carbonyl (C=O) groups is 2. The Hall–Kier alpha value is -0.970. The predicted octanol–water partition coefficient (Wildman–Crippen LogP) is -0.369. The van der Waals surface area contributed by atoms with Gasteiger partial charge in [0.1, 0.15) is 6.54 Å². The molecule has 0 aliphatic rings. The van der Waals surface area contributed by atoms with Crippen molar-refractivity contribution >= 4 is 24.5 Å². The summed E-state index contributed by atoms with van der Waals surface area (Å²) in [5, 5.41) is 10.1. The van der Waals surface area contributed by atoms with Gasteiger partial charge in [-0.3, -0.25) is 9.59 Å². The van der Waals surface area contributed by atoms with Crippen LogP contribution in [0.25, 0.3) is 0 Å². The van der Waals surface area contributed by atoms with Crippen LogP contribution in [-0.4, -0.2) is 23.5 Å². The van der Waals surface area contributed by atoms with Crippen LogP contribution in [0.5, 0.6) is 0 Å². The Bertz CT molecular complexity index is 178. The lowest BCUT2D eigenvalue weighted by molar-refractivity contribution is -0.137. The average Bonchev–Trinajstić information content (AvgIpc) is 1.82. The van der Waals surface area contributed by atoms with Gasteiger partial charge in [-0.05, 0) is 0 Å². The standard InChI is InChI=1S/C5H7NO3S/c1-3(10)5(9)6-2-4(7)8/h10H,1-2H2,(H,6,9)(H,7,8). The number of carbonyl (C=O) groups excluding carboxylic acids is 1. The Morgan fingerprint density at radius 3 is 2.40 bits per heavy atom. The molecule has 4 nitrogen and oxygen atoms in total. The van der Waals surface area contributed by atoms with E-state index < -0.39 is 18.4 Å². The van der Waals surface area contributed by atoms with E-state index in [2.05, 4.69) is 24.5 Å². The van der Waals surface area contributed by atoms with Gasteiger partial charge in [0.25, 0.3) is 5.91 Å². The van der Waals surface area contributed by atoms with Gasteiger partial charge in [0.05, 0.1) is 4.91 Å². The summed E-state index contributed by atoms with van der Waals surface area (Å²) in [7, 11) is 0. The van der Waals surface area contributed by atoms with Crippen molar-refractivity contribution in [2.75, 3.05) is 6.54 Å². The van der Waals surface area contributed by atoms with Crippen molar-refractivity contribution in [2.24, 2.45) is 0 Å². The van der Waals surface area contributed by atoms with E-state index in [1.807, 2.05) is 0 Å². The Kier molecular flexibility index (Phi) is 3.56. The van der Waals surface area contributed by atoms with Crippen LogP contribution in [0.3, 0.4) is 0 Å². The number of thiol groups is 1. The maximum atomic E-state index is 10.5. The third-order valence-electron chi connectivity index (χ3n) is 0.662. The fraction of sp³-hybridized carbons (Fsp3) is 0.200. The molecule has 0 rings (SSSR count). The SMILES string of the molecule is C=C(S)C(=O)NCC(=O)O. The molecule has 1 amide bonds. The predicted molar refractivity (Wildman–Crippen MR) is 38.8 cm³/mol. The van der Waals surface area contributed by atoms with Gasteiger partial charge in [-0.2, -0.15) is 0 Å². The fourth-order valence-corrected chi connectivity index (χ4v) is 0.337. The normalized spacial score (nSPS) is 8.50. The molecule has 0 saturated carbocycles. The second-order valence-corrected chi connectivity index (χ2v) is 2.06. The van der Waals surface area contributed by atoms with Crippen molar-refractivity contribution in [1.82, 2.24) is 5.32 Å². The maximum absolute atomic E-state index is 10.5. The highest BCUT2D eigenvalue weighted by atomic mass is 32.1. The van der Waals surface area contributed by atoms with Crippen LogP contribution in [0.2, 0.25) is 0 Å². The first-order valence-corrected chi connectivity index (χ1v) is 2.86. The molecule has 5 heteroatoms. The summed E-state index contributed by atoms with van der Waals surface area (Å²) in [4.78, 5) is 20.4. The average molecular weight is 161 g/mol. The quantitative estimate of drug-likeness (QED) is 0.391. The highest BCUT2D eigenvalue weighted by Gasteiger charge is 2.02. The summed E-state index contributed by atoms with van der Waals surface area (Å²) in [6.45, 7) is 2.79. The van der Waals surface area contributed by atoms with Crippen LogP contribution in [-0.2, 0) is 9.59 Å². The van der Waals surface area contributed by atoms with E-state index in [0.717, 1.165) is 0 Å².